The standard InChI is InChI=1S/C28H38N2O4/c1-27(2,23-18-28(3,4)30(19-23)26(32)33)17-11-16-24(22-14-9-6-10-15-22)29-25(31)34-20-21-12-7-5-8-13-21/h5-10,12-15,23-24H,11,16-20H2,1-4H3,(H,29,31)(H,32,33). The van der Waals surface area contributed by atoms with Crippen molar-refractivity contribution in [3.8, 4) is 0 Å². The molecule has 184 valence electrons. The van der Waals surface area contributed by atoms with E-state index in [0.717, 1.165) is 36.8 Å². The van der Waals surface area contributed by atoms with E-state index in [0.29, 0.717) is 12.5 Å². The third kappa shape index (κ3) is 6.75. The van der Waals surface area contributed by atoms with E-state index in [-0.39, 0.29) is 23.6 Å². The highest BCUT2D eigenvalue weighted by Crippen LogP contribution is 2.45. The number of alkyl carbamates (subject to hydrolysis) is 1. The maximum atomic E-state index is 12.5. The van der Waals surface area contributed by atoms with Crippen LogP contribution in [0.1, 0.15) is 70.5 Å². The Kier molecular flexibility index (Phi) is 8.24. The number of hydrogen-bond acceptors (Lipinski definition) is 3. The molecule has 1 heterocycles. The molecule has 2 unspecified atom stereocenters. The lowest BCUT2D eigenvalue weighted by atomic mass is 9.72. The summed E-state index contributed by atoms with van der Waals surface area (Å²) in [5, 5.41) is 12.6. The predicted octanol–water partition coefficient (Wildman–Crippen LogP) is 6.63. The van der Waals surface area contributed by atoms with Crippen molar-refractivity contribution in [1.82, 2.24) is 10.2 Å². The highest BCUT2D eigenvalue weighted by Gasteiger charge is 2.46. The first-order chi connectivity index (χ1) is 16.1. The van der Waals surface area contributed by atoms with Crippen LogP contribution < -0.4 is 5.32 Å². The first-order valence-corrected chi connectivity index (χ1v) is 12.1. The Hall–Kier alpha value is -3.02. The molecule has 1 aliphatic rings. The number of nitrogens with one attached hydrogen (secondary N) is 1. The number of carbonyl (C=O) groups is 2. The van der Waals surface area contributed by atoms with Gasteiger partial charge in [-0.15, -0.1) is 0 Å². The third-order valence-electron chi connectivity index (χ3n) is 7.24. The summed E-state index contributed by atoms with van der Waals surface area (Å²) in [6.45, 7) is 9.29. The Morgan fingerprint density at radius 3 is 2.32 bits per heavy atom. The summed E-state index contributed by atoms with van der Waals surface area (Å²) in [6, 6.07) is 19.5. The summed E-state index contributed by atoms with van der Waals surface area (Å²) in [5.74, 6) is 0.303. The SMILES string of the molecule is CC(C)(CCCC(NC(=O)OCc1ccccc1)c1ccccc1)C1CN(C(=O)O)C(C)(C)C1. The lowest BCUT2D eigenvalue weighted by Gasteiger charge is -2.32. The molecule has 2 N–H and O–H groups in total. The number of hydrogen-bond donors (Lipinski definition) is 2. The van der Waals surface area contributed by atoms with E-state index < -0.39 is 12.2 Å². The van der Waals surface area contributed by atoms with Gasteiger partial charge in [-0.05, 0) is 55.6 Å². The van der Waals surface area contributed by atoms with Crippen molar-refractivity contribution >= 4 is 12.2 Å². The second-order valence-electron chi connectivity index (χ2n) is 10.7. The molecule has 6 nitrogen and oxygen atoms in total. The zero-order valence-corrected chi connectivity index (χ0v) is 20.8. The van der Waals surface area contributed by atoms with E-state index in [4.69, 9.17) is 4.74 Å². The third-order valence-corrected chi connectivity index (χ3v) is 7.24. The molecule has 0 bridgehead atoms. The molecule has 0 aliphatic carbocycles. The van der Waals surface area contributed by atoms with Crippen molar-refractivity contribution < 1.29 is 19.4 Å². The number of amides is 2. The number of nitrogens with zero attached hydrogens (tertiary/aromatic N) is 1. The van der Waals surface area contributed by atoms with Gasteiger partial charge in [0.1, 0.15) is 6.61 Å². The minimum Gasteiger partial charge on any atom is -0.465 e. The Morgan fingerprint density at radius 2 is 1.74 bits per heavy atom. The van der Waals surface area contributed by atoms with Crippen LogP contribution in [0, 0.1) is 11.3 Å². The fourth-order valence-electron chi connectivity index (χ4n) is 4.99. The average Bonchev–Trinajstić information content (AvgIpc) is 3.14. The van der Waals surface area contributed by atoms with Gasteiger partial charge in [0.15, 0.2) is 0 Å². The van der Waals surface area contributed by atoms with E-state index in [1.165, 1.54) is 0 Å². The highest BCUT2D eigenvalue weighted by molar-refractivity contribution is 5.68. The van der Waals surface area contributed by atoms with Gasteiger partial charge in [0.2, 0.25) is 0 Å². The van der Waals surface area contributed by atoms with Gasteiger partial charge in [-0.1, -0.05) is 80.9 Å². The Morgan fingerprint density at radius 1 is 1.12 bits per heavy atom. The molecule has 1 aliphatic heterocycles. The molecule has 0 radical (unpaired) electrons. The van der Waals surface area contributed by atoms with E-state index in [2.05, 4.69) is 19.2 Å². The summed E-state index contributed by atoms with van der Waals surface area (Å²) in [5.41, 5.74) is 1.66. The van der Waals surface area contributed by atoms with Gasteiger partial charge in [0.05, 0.1) is 6.04 Å². The second-order valence-corrected chi connectivity index (χ2v) is 10.7. The van der Waals surface area contributed by atoms with Gasteiger partial charge in [-0.2, -0.15) is 0 Å². The molecule has 2 atom stereocenters. The van der Waals surface area contributed by atoms with Gasteiger partial charge in [0, 0.05) is 12.1 Å². The first kappa shape index (κ1) is 25.6. The average molecular weight is 467 g/mol. The number of rotatable bonds is 9. The number of carbonyl (C=O) groups excluding carboxylic acids is 1. The molecule has 2 amide bonds. The number of benzene rings is 2. The normalized spacial score (nSPS) is 18.4. The molecule has 0 aromatic heterocycles. The highest BCUT2D eigenvalue weighted by atomic mass is 16.5. The van der Waals surface area contributed by atoms with Crippen LogP contribution in [0.25, 0.3) is 0 Å². The lowest BCUT2D eigenvalue weighted by molar-refractivity contribution is 0.115. The van der Waals surface area contributed by atoms with Crippen LogP contribution in [-0.4, -0.2) is 34.3 Å². The topological polar surface area (TPSA) is 78.9 Å². The van der Waals surface area contributed by atoms with Crippen LogP contribution in [0.5, 0.6) is 0 Å². The Balaban J connectivity index is 1.58. The monoisotopic (exact) mass is 466 g/mol. The van der Waals surface area contributed by atoms with Gasteiger partial charge >= 0.3 is 12.2 Å². The van der Waals surface area contributed by atoms with E-state index in [1.54, 1.807) is 4.90 Å². The van der Waals surface area contributed by atoms with Crippen molar-refractivity contribution in [2.45, 2.75) is 71.6 Å². The molecule has 0 spiro atoms. The maximum Gasteiger partial charge on any atom is 0.407 e. The minimum atomic E-state index is -0.842. The molecule has 1 fully saturated rings. The van der Waals surface area contributed by atoms with Crippen molar-refractivity contribution in [3.05, 3.63) is 71.8 Å². The van der Waals surface area contributed by atoms with Crippen LogP contribution in [0.3, 0.4) is 0 Å². The van der Waals surface area contributed by atoms with Crippen LogP contribution in [0.2, 0.25) is 0 Å². The molecular formula is C28H38N2O4. The van der Waals surface area contributed by atoms with Crippen LogP contribution in [-0.2, 0) is 11.3 Å². The van der Waals surface area contributed by atoms with Gasteiger partial charge in [0.25, 0.3) is 0 Å². The largest absolute Gasteiger partial charge is 0.465 e. The fraction of sp³-hybridized carbons (Fsp3) is 0.500. The fourth-order valence-corrected chi connectivity index (χ4v) is 4.99. The van der Waals surface area contributed by atoms with Crippen molar-refractivity contribution in [3.63, 3.8) is 0 Å². The van der Waals surface area contributed by atoms with Crippen molar-refractivity contribution in [2.75, 3.05) is 6.54 Å². The lowest BCUT2D eigenvalue weighted by Crippen LogP contribution is -2.41. The summed E-state index contributed by atoms with van der Waals surface area (Å²) in [6.07, 6.45) is 2.24. The van der Waals surface area contributed by atoms with E-state index >= 15 is 0 Å². The molecule has 0 saturated carbocycles. The van der Waals surface area contributed by atoms with Crippen LogP contribution in [0.4, 0.5) is 9.59 Å². The summed E-state index contributed by atoms with van der Waals surface area (Å²) in [7, 11) is 0. The maximum absolute atomic E-state index is 12.5. The zero-order chi connectivity index (χ0) is 24.8. The molecule has 2 aromatic rings. The van der Waals surface area contributed by atoms with Crippen LogP contribution >= 0.6 is 0 Å². The molecule has 3 rings (SSSR count). The van der Waals surface area contributed by atoms with Crippen molar-refractivity contribution in [2.24, 2.45) is 11.3 Å². The van der Waals surface area contributed by atoms with Crippen molar-refractivity contribution in [1.29, 1.82) is 0 Å². The number of ether oxygens (including phenoxy) is 1. The Labute approximate surface area is 203 Å². The summed E-state index contributed by atoms with van der Waals surface area (Å²) in [4.78, 5) is 25.8. The molecule has 2 aromatic carbocycles. The predicted molar refractivity (Wildman–Crippen MR) is 133 cm³/mol. The molecular weight excluding hydrogens is 428 g/mol. The number of carboxylic acid groups (broad SMARTS) is 1. The van der Waals surface area contributed by atoms with E-state index in [1.807, 2.05) is 74.5 Å². The van der Waals surface area contributed by atoms with Gasteiger partial charge in [-0.25, -0.2) is 9.59 Å². The van der Waals surface area contributed by atoms with Gasteiger partial charge in [-0.3, -0.25) is 0 Å². The second kappa shape index (κ2) is 10.9. The first-order valence-electron chi connectivity index (χ1n) is 12.1. The Bertz CT molecular complexity index is 943. The van der Waals surface area contributed by atoms with E-state index in [9.17, 15) is 14.7 Å². The van der Waals surface area contributed by atoms with Crippen LogP contribution in [0.15, 0.2) is 60.7 Å². The smallest absolute Gasteiger partial charge is 0.407 e. The van der Waals surface area contributed by atoms with Gasteiger partial charge < -0.3 is 20.1 Å². The molecule has 1 saturated heterocycles. The quantitative estimate of drug-likeness (QED) is 0.435. The molecule has 6 heteroatoms. The number of likely N-dealkylation sites (tertiary alicyclic amines) is 1. The molecule has 34 heavy (non-hydrogen) atoms. The minimum absolute atomic E-state index is 0.00345. The summed E-state index contributed by atoms with van der Waals surface area (Å²) >= 11 is 0. The summed E-state index contributed by atoms with van der Waals surface area (Å²) < 4.78 is 5.45. The zero-order valence-electron chi connectivity index (χ0n) is 20.8.